The van der Waals surface area contributed by atoms with Gasteiger partial charge in [0.15, 0.2) is 6.10 Å². The molecule has 1 aliphatic carbocycles. The van der Waals surface area contributed by atoms with Crippen molar-refractivity contribution >= 4 is 22.9 Å². The molecule has 0 aromatic carbocycles. The predicted molar refractivity (Wildman–Crippen MR) is 107 cm³/mol. The van der Waals surface area contributed by atoms with Gasteiger partial charge in [0.2, 0.25) is 5.95 Å². The molecule has 3 heterocycles. The molecule has 1 atom stereocenters. The Kier molecular flexibility index (Phi) is 5.05. The molecule has 1 saturated carbocycles. The summed E-state index contributed by atoms with van der Waals surface area (Å²) in [6.45, 7) is 3.38. The fraction of sp³-hybridized carbons (Fsp3) is 0.600. The lowest BCUT2D eigenvalue weighted by Crippen LogP contribution is -2.50. The number of carbonyl (C=O) groups is 1. The number of hydrogen-bond donors (Lipinski definition) is 0. The number of aromatic nitrogens is 3. The molecule has 150 valence electrons. The largest absolute Gasteiger partial charge is 0.365 e. The van der Waals surface area contributed by atoms with Gasteiger partial charge in [0, 0.05) is 44.3 Å². The van der Waals surface area contributed by atoms with Crippen LogP contribution in [0.2, 0.25) is 0 Å². The Labute approximate surface area is 164 Å². The van der Waals surface area contributed by atoms with E-state index >= 15 is 0 Å². The van der Waals surface area contributed by atoms with Crippen molar-refractivity contribution in [1.29, 1.82) is 0 Å². The third kappa shape index (κ3) is 3.37. The fourth-order valence-electron chi connectivity index (χ4n) is 4.20. The summed E-state index contributed by atoms with van der Waals surface area (Å²) in [5.74, 6) is 0.480. The van der Waals surface area contributed by atoms with Gasteiger partial charge in [0.1, 0.15) is 5.65 Å². The fourth-order valence-corrected chi connectivity index (χ4v) is 4.20. The lowest BCUT2D eigenvalue weighted by atomic mass is 10.1. The van der Waals surface area contributed by atoms with E-state index in [1.807, 2.05) is 16.4 Å². The molecule has 4 rings (SSSR count). The number of morpholine rings is 1. The van der Waals surface area contributed by atoms with Crippen molar-refractivity contribution in [2.24, 2.45) is 0 Å². The highest BCUT2D eigenvalue weighted by atomic mass is 16.5. The highest BCUT2D eigenvalue weighted by molar-refractivity contribution is 5.82. The third-order valence-electron chi connectivity index (χ3n) is 5.74. The molecule has 8 heteroatoms. The number of carbonyl (C=O) groups excluding carboxylic acids is 1. The van der Waals surface area contributed by atoms with Crippen LogP contribution in [0, 0.1) is 6.92 Å². The number of fused-ring (bicyclic) bond motifs is 1. The first-order valence-corrected chi connectivity index (χ1v) is 9.92. The van der Waals surface area contributed by atoms with Gasteiger partial charge in [-0.25, -0.2) is 4.98 Å². The van der Waals surface area contributed by atoms with Crippen LogP contribution in [0.15, 0.2) is 17.1 Å². The molecular weight excluding hydrogens is 358 g/mol. The van der Waals surface area contributed by atoms with Crippen molar-refractivity contribution in [3.05, 3.63) is 28.2 Å². The average Bonchev–Trinajstić information content (AvgIpc) is 3.21. The van der Waals surface area contributed by atoms with Gasteiger partial charge >= 0.3 is 0 Å². The Hall–Kier alpha value is -2.48. The summed E-state index contributed by atoms with van der Waals surface area (Å²) in [5.41, 5.74) is 1.59. The Bertz CT molecular complexity index is 949. The molecule has 1 saturated heterocycles. The van der Waals surface area contributed by atoms with E-state index < -0.39 is 6.10 Å². The van der Waals surface area contributed by atoms with Crippen LogP contribution < -0.4 is 10.5 Å². The van der Waals surface area contributed by atoms with Gasteiger partial charge in [0.05, 0.1) is 13.2 Å². The van der Waals surface area contributed by atoms with E-state index in [9.17, 15) is 9.59 Å². The molecule has 1 amide bonds. The van der Waals surface area contributed by atoms with Crippen LogP contribution >= 0.6 is 0 Å². The Morgan fingerprint density at radius 3 is 2.75 bits per heavy atom. The van der Waals surface area contributed by atoms with Gasteiger partial charge < -0.3 is 14.5 Å². The van der Waals surface area contributed by atoms with Crippen molar-refractivity contribution in [2.75, 3.05) is 38.7 Å². The molecule has 1 aliphatic heterocycles. The summed E-state index contributed by atoms with van der Waals surface area (Å²) < 4.78 is 7.49. The number of ether oxygens (including phenoxy) is 1. The van der Waals surface area contributed by atoms with E-state index in [0.29, 0.717) is 31.3 Å². The third-order valence-corrected chi connectivity index (χ3v) is 5.74. The number of amides is 1. The summed E-state index contributed by atoms with van der Waals surface area (Å²) >= 11 is 0. The molecule has 2 aromatic rings. The predicted octanol–water partition coefficient (Wildman–Crippen LogP) is 1.51. The lowest BCUT2D eigenvalue weighted by Gasteiger charge is -2.33. The minimum atomic E-state index is -0.530. The average molecular weight is 385 g/mol. The molecule has 0 spiro atoms. The van der Waals surface area contributed by atoms with Crippen molar-refractivity contribution in [3.8, 4) is 0 Å². The molecule has 2 aliphatic rings. The molecule has 28 heavy (non-hydrogen) atoms. The van der Waals surface area contributed by atoms with Crippen LogP contribution in [0.5, 0.6) is 0 Å². The number of anilines is 1. The first kappa shape index (κ1) is 18.9. The van der Waals surface area contributed by atoms with E-state index in [1.165, 1.54) is 4.90 Å². The molecule has 1 unspecified atom stereocenters. The van der Waals surface area contributed by atoms with E-state index in [2.05, 4.69) is 4.98 Å². The maximum Gasteiger partial charge on any atom is 0.253 e. The summed E-state index contributed by atoms with van der Waals surface area (Å²) in [6.07, 6.45) is 5.57. The smallest absolute Gasteiger partial charge is 0.253 e. The quantitative estimate of drug-likeness (QED) is 0.797. The zero-order valence-electron chi connectivity index (χ0n) is 16.7. The van der Waals surface area contributed by atoms with Gasteiger partial charge in [-0.1, -0.05) is 12.8 Å². The van der Waals surface area contributed by atoms with Gasteiger partial charge in [-0.05, 0) is 25.3 Å². The van der Waals surface area contributed by atoms with Crippen molar-refractivity contribution < 1.29 is 9.53 Å². The van der Waals surface area contributed by atoms with Crippen molar-refractivity contribution in [2.45, 2.75) is 44.8 Å². The Balaban J connectivity index is 1.73. The summed E-state index contributed by atoms with van der Waals surface area (Å²) in [5, 5.41) is 0.907. The highest BCUT2D eigenvalue weighted by Gasteiger charge is 2.29. The number of hydrogen-bond acceptors (Lipinski definition) is 6. The van der Waals surface area contributed by atoms with E-state index in [-0.39, 0.29) is 17.5 Å². The van der Waals surface area contributed by atoms with Crippen LogP contribution in [-0.2, 0) is 9.53 Å². The minimum Gasteiger partial charge on any atom is -0.365 e. The zero-order chi connectivity index (χ0) is 19.8. The highest BCUT2D eigenvalue weighted by Crippen LogP contribution is 2.31. The van der Waals surface area contributed by atoms with Crippen LogP contribution in [0.1, 0.15) is 37.3 Å². The summed E-state index contributed by atoms with van der Waals surface area (Å²) in [4.78, 5) is 37.9. The molecule has 8 nitrogen and oxygen atoms in total. The van der Waals surface area contributed by atoms with Gasteiger partial charge in [-0.15, -0.1) is 0 Å². The number of aryl methyl sites for hydroxylation is 1. The number of nitrogens with zero attached hydrogens (tertiary/aromatic N) is 5. The second-order valence-electron chi connectivity index (χ2n) is 7.92. The molecule has 0 N–H and O–H groups in total. The topological polar surface area (TPSA) is 80.6 Å². The lowest BCUT2D eigenvalue weighted by molar-refractivity contribution is -0.141. The van der Waals surface area contributed by atoms with Crippen molar-refractivity contribution in [1.82, 2.24) is 19.4 Å². The van der Waals surface area contributed by atoms with Gasteiger partial charge in [0.25, 0.3) is 11.5 Å². The Morgan fingerprint density at radius 1 is 1.29 bits per heavy atom. The number of rotatable bonds is 3. The maximum atomic E-state index is 12.8. The first-order valence-electron chi connectivity index (χ1n) is 9.92. The molecule has 2 aromatic heterocycles. The zero-order valence-corrected chi connectivity index (χ0v) is 16.7. The van der Waals surface area contributed by atoms with E-state index in [0.717, 1.165) is 36.6 Å². The van der Waals surface area contributed by atoms with Crippen LogP contribution in [0.25, 0.3) is 11.0 Å². The SMILES string of the molecule is Cc1cc(=O)n(C2CCCC2)c2nc(N3CCOC(C(=O)N(C)C)C3)ncc12. The summed E-state index contributed by atoms with van der Waals surface area (Å²) in [6, 6.07) is 1.88. The number of likely N-dealkylation sites (N-methyl/N-ethyl adjacent to an activating group) is 1. The molecule has 0 radical (unpaired) electrons. The first-order chi connectivity index (χ1) is 13.5. The van der Waals surface area contributed by atoms with Gasteiger partial charge in [-0.3, -0.25) is 14.2 Å². The summed E-state index contributed by atoms with van der Waals surface area (Å²) in [7, 11) is 3.44. The maximum absolute atomic E-state index is 12.8. The van der Waals surface area contributed by atoms with Crippen molar-refractivity contribution in [3.63, 3.8) is 0 Å². The number of pyridine rings is 1. The van der Waals surface area contributed by atoms with Crippen LogP contribution in [-0.4, -0.2) is 65.2 Å². The second kappa shape index (κ2) is 7.50. The minimum absolute atomic E-state index is 0.00388. The second-order valence-corrected chi connectivity index (χ2v) is 7.92. The monoisotopic (exact) mass is 385 g/mol. The normalized spacial score (nSPS) is 20.7. The van der Waals surface area contributed by atoms with Crippen LogP contribution in [0.4, 0.5) is 5.95 Å². The van der Waals surface area contributed by atoms with Crippen LogP contribution in [0.3, 0.4) is 0 Å². The Morgan fingerprint density at radius 2 is 2.04 bits per heavy atom. The molecule has 0 bridgehead atoms. The van der Waals surface area contributed by atoms with E-state index in [4.69, 9.17) is 9.72 Å². The standard InChI is InChI=1S/C20H27N5O3/c1-13-10-17(26)25(14-6-4-5-7-14)18-15(13)11-21-20(22-18)24-8-9-28-16(12-24)19(27)23(2)3/h10-11,14,16H,4-9,12H2,1-3H3. The van der Waals surface area contributed by atoms with Gasteiger partial charge in [-0.2, -0.15) is 4.98 Å². The molecule has 2 fully saturated rings. The molecular formula is C20H27N5O3. The van der Waals surface area contributed by atoms with E-state index in [1.54, 1.807) is 26.4 Å².